The maximum absolute atomic E-state index is 10.9. The normalized spacial score (nSPS) is 12.5. The van der Waals surface area contributed by atoms with Crippen LogP contribution in [0.25, 0.3) is 11.1 Å². The van der Waals surface area contributed by atoms with Gasteiger partial charge in [-0.25, -0.2) is 4.79 Å². The predicted molar refractivity (Wildman–Crippen MR) is 70.4 cm³/mol. The van der Waals surface area contributed by atoms with E-state index in [9.17, 15) is 4.79 Å². The second-order valence-electron chi connectivity index (χ2n) is 4.27. The van der Waals surface area contributed by atoms with Gasteiger partial charge in [-0.2, -0.15) is 4.98 Å². The summed E-state index contributed by atoms with van der Waals surface area (Å²) in [5.74, 6) is -1.00. The van der Waals surface area contributed by atoms with E-state index in [1.807, 2.05) is 6.92 Å². The fourth-order valence-corrected chi connectivity index (χ4v) is 1.83. The van der Waals surface area contributed by atoms with Crippen LogP contribution in [0.2, 0.25) is 0 Å². The van der Waals surface area contributed by atoms with Crippen molar-refractivity contribution >= 4 is 23.1 Å². The summed E-state index contributed by atoms with van der Waals surface area (Å²) in [5.41, 5.74) is 1.20. The molecular formula is C13H16N2O4. The molecule has 2 rings (SSSR count). The van der Waals surface area contributed by atoms with Crippen LogP contribution in [0.3, 0.4) is 0 Å². The number of aliphatic hydroxyl groups excluding tert-OH is 1. The molecule has 1 atom stereocenters. The van der Waals surface area contributed by atoms with Crippen molar-refractivity contribution in [1.29, 1.82) is 0 Å². The lowest BCUT2D eigenvalue weighted by atomic mass is 10.2. The maximum atomic E-state index is 10.9. The maximum Gasteiger partial charge on any atom is 0.335 e. The number of carbonyl (C=O) groups is 1. The first kappa shape index (κ1) is 13.4. The van der Waals surface area contributed by atoms with Crippen molar-refractivity contribution in [2.24, 2.45) is 0 Å². The van der Waals surface area contributed by atoms with Crippen LogP contribution in [0.5, 0.6) is 0 Å². The van der Waals surface area contributed by atoms with E-state index in [4.69, 9.17) is 14.6 Å². The SMILES string of the molecule is CCC(CCO)Nc1nc2ccc(C(=O)O)cc2o1. The number of anilines is 1. The van der Waals surface area contributed by atoms with E-state index >= 15 is 0 Å². The average molecular weight is 264 g/mol. The van der Waals surface area contributed by atoms with Crippen LogP contribution in [0.1, 0.15) is 30.1 Å². The molecule has 2 aromatic rings. The van der Waals surface area contributed by atoms with Gasteiger partial charge in [0.25, 0.3) is 6.01 Å². The quantitative estimate of drug-likeness (QED) is 0.739. The highest BCUT2D eigenvalue weighted by atomic mass is 16.4. The van der Waals surface area contributed by atoms with E-state index in [-0.39, 0.29) is 18.2 Å². The number of aromatic carboxylic acids is 1. The highest BCUT2D eigenvalue weighted by molar-refractivity contribution is 5.92. The van der Waals surface area contributed by atoms with Gasteiger partial charge in [0, 0.05) is 12.6 Å². The van der Waals surface area contributed by atoms with Crippen molar-refractivity contribution in [3.63, 3.8) is 0 Å². The number of oxazole rings is 1. The summed E-state index contributed by atoms with van der Waals surface area (Å²) in [7, 11) is 0. The molecule has 1 heterocycles. The largest absolute Gasteiger partial charge is 0.478 e. The van der Waals surface area contributed by atoms with Crippen LogP contribution in [0, 0.1) is 0 Å². The van der Waals surface area contributed by atoms with Gasteiger partial charge < -0.3 is 19.9 Å². The smallest absolute Gasteiger partial charge is 0.335 e. The highest BCUT2D eigenvalue weighted by Crippen LogP contribution is 2.21. The van der Waals surface area contributed by atoms with Crippen molar-refractivity contribution < 1.29 is 19.4 Å². The molecule has 0 amide bonds. The van der Waals surface area contributed by atoms with Gasteiger partial charge in [-0.3, -0.25) is 0 Å². The predicted octanol–water partition coefficient (Wildman–Crippen LogP) is 2.10. The Hall–Kier alpha value is -2.08. The zero-order chi connectivity index (χ0) is 13.8. The Labute approximate surface area is 110 Å². The fraction of sp³-hybridized carbons (Fsp3) is 0.385. The molecule has 0 aliphatic rings. The Morgan fingerprint density at radius 2 is 2.32 bits per heavy atom. The number of rotatable bonds is 6. The summed E-state index contributed by atoms with van der Waals surface area (Å²) in [6, 6.07) is 4.97. The number of aromatic nitrogens is 1. The number of carboxylic acid groups (broad SMARTS) is 1. The second kappa shape index (κ2) is 5.71. The monoisotopic (exact) mass is 264 g/mol. The summed E-state index contributed by atoms with van der Waals surface area (Å²) in [6.07, 6.45) is 1.44. The van der Waals surface area contributed by atoms with E-state index < -0.39 is 5.97 Å². The zero-order valence-corrected chi connectivity index (χ0v) is 10.6. The highest BCUT2D eigenvalue weighted by Gasteiger charge is 2.12. The lowest BCUT2D eigenvalue weighted by Crippen LogP contribution is -2.19. The second-order valence-corrected chi connectivity index (χ2v) is 4.27. The molecule has 3 N–H and O–H groups in total. The van der Waals surface area contributed by atoms with Gasteiger partial charge in [0.15, 0.2) is 5.58 Å². The van der Waals surface area contributed by atoms with E-state index in [1.165, 1.54) is 12.1 Å². The molecular weight excluding hydrogens is 248 g/mol. The van der Waals surface area contributed by atoms with Crippen molar-refractivity contribution in [1.82, 2.24) is 4.98 Å². The molecule has 0 bridgehead atoms. The molecule has 0 radical (unpaired) electrons. The van der Waals surface area contributed by atoms with E-state index in [0.717, 1.165) is 6.42 Å². The standard InChI is InChI=1S/C13H16N2O4/c1-2-9(5-6-16)14-13-15-10-4-3-8(12(17)18)7-11(10)19-13/h3-4,7,9,16H,2,5-6H2,1H3,(H,14,15)(H,17,18). The van der Waals surface area contributed by atoms with Gasteiger partial charge in [-0.05, 0) is 31.0 Å². The van der Waals surface area contributed by atoms with Gasteiger partial charge in [0.2, 0.25) is 0 Å². The Morgan fingerprint density at radius 1 is 1.53 bits per heavy atom. The molecule has 0 saturated carbocycles. The topological polar surface area (TPSA) is 95.6 Å². The lowest BCUT2D eigenvalue weighted by Gasteiger charge is -2.13. The molecule has 0 aliphatic carbocycles. The minimum Gasteiger partial charge on any atom is -0.478 e. The molecule has 1 aromatic heterocycles. The molecule has 19 heavy (non-hydrogen) atoms. The number of fused-ring (bicyclic) bond motifs is 1. The zero-order valence-electron chi connectivity index (χ0n) is 10.6. The fourth-order valence-electron chi connectivity index (χ4n) is 1.83. The van der Waals surface area contributed by atoms with Gasteiger partial charge in [-0.1, -0.05) is 6.92 Å². The molecule has 1 unspecified atom stereocenters. The summed E-state index contributed by atoms with van der Waals surface area (Å²) in [4.78, 5) is 15.1. The summed E-state index contributed by atoms with van der Waals surface area (Å²) >= 11 is 0. The first-order chi connectivity index (χ1) is 9.13. The molecule has 1 aromatic carbocycles. The van der Waals surface area contributed by atoms with Gasteiger partial charge in [0.1, 0.15) is 5.52 Å². The van der Waals surface area contributed by atoms with E-state index in [1.54, 1.807) is 6.07 Å². The van der Waals surface area contributed by atoms with Crippen molar-refractivity contribution in [2.75, 3.05) is 11.9 Å². The van der Waals surface area contributed by atoms with E-state index in [2.05, 4.69) is 10.3 Å². The summed E-state index contributed by atoms with van der Waals surface area (Å²) in [6.45, 7) is 2.09. The third-order valence-corrected chi connectivity index (χ3v) is 2.93. The van der Waals surface area contributed by atoms with Crippen LogP contribution >= 0.6 is 0 Å². The number of carboxylic acids is 1. The van der Waals surface area contributed by atoms with Crippen LogP contribution in [-0.2, 0) is 0 Å². The molecule has 6 nitrogen and oxygen atoms in total. The number of nitrogens with zero attached hydrogens (tertiary/aromatic N) is 1. The summed E-state index contributed by atoms with van der Waals surface area (Å²) in [5, 5.41) is 20.9. The number of hydrogen-bond acceptors (Lipinski definition) is 5. The van der Waals surface area contributed by atoms with Crippen molar-refractivity contribution in [3.8, 4) is 0 Å². The van der Waals surface area contributed by atoms with Crippen LogP contribution in [0.15, 0.2) is 22.6 Å². The first-order valence-corrected chi connectivity index (χ1v) is 6.15. The van der Waals surface area contributed by atoms with Crippen molar-refractivity contribution in [3.05, 3.63) is 23.8 Å². The van der Waals surface area contributed by atoms with Gasteiger partial charge >= 0.3 is 5.97 Å². The summed E-state index contributed by atoms with van der Waals surface area (Å²) < 4.78 is 5.47. The first-order valence-electron chi connectivity index (χ1n) is 6.15. The Balaban J connectivity index is 2.23. The molecule has 6 heteroatoms. The Morgan fingerprint density at radius 3 is 2.95 bits per heavy atom. The lowest BCUT2D eigenvalue weighted by molar-refractivity contribution is 0.0697. The van der Waals surface area contributed by atoms with Crippen LogP contribution in [0.4, 0.5) is 6.01 Å². The Bertz CT molecular complexity index is 579. The number of benzene rings is 1. The van der Waals surface area contributed by atoms with Gasteiger partial charge in [0.05, 0.1) is 5.56 Å². The van der Waals surface area contributed by atoms with Gasteiger partial charge in [-0.15, -0.1) is 0 Å². The number of aliphatic hydroxyl groups is 1. The molecule has 0 saturated heterocycles. The third kappa shape index (κ3) is 3.03. The van der Waals surface area contributed by atoms with Crippen LogP contribution < -0.4 is 5.32 Å². The minimum atomic E-state index is -1.00. The molecule has 102 valence electrons. The number of hydrogen-bond donors (Lipinski definition) is 3. The Kier molecular flexibility index (Phi) is 4.01. The van der Waals surface area contributed by atoms with Crippen molar-refractivity contribution in [2.45, 2.75) is 25.8 Å². The molecule has 0 fully saturated rings. The molecule has 0 spiro atoms. The number of nitrogens with one attached hydrogen (secondary N) is 1. The third-order valence-electron chi connectivity index (χ3n) is 2.93. The van der Waals surface area contributed by atoms with E-state index in [0.29, 0.717) is 23.5 Å². The molecule has 0 aliphatic heterocycles. The minimum absolute atomic E-state index is 0.0806. The van der Waals surface area contributed by atoms with Crippen LogP contribution in [-0.4, -0.2) is 33.8 Å². The average Bonchev–Trinajstić information content (AvgIpc) is 2.79.